The van der Waals surface area contributed by atoms with Gasteiger partial charge in [0.2, 0.25) is 0 Å². The van der Waals surface area contributed by atoms with E-state index in [1.54, 1.807) is 0 Å². The first-order chi connectivity index (χ1) is 4.39. The lowest BCUT2D eigenvalue weighted by Crippen LogP contribution is -1.86. The van der Waals surface area contributed by atoms with Crippen molar-refractivity contribution in [2.24, 2.45) is 9.33 Å². The van der Waals surface area contributed by atoms with Crippen LogP contribution in [0.1, 0.15) is 12.8 Å². The quantitative estimate of drug-likeness (QED) is 0.280. The van der Waals surface area contributed by atoms with Crippen LogP contribution < -0.4 is 0 Å². The van der Waals surface area contributed by atoms with Gasteiger partial charge in [-0.15, -0.1) is 4.85 Å². The third kappa shape index (κ3) is 3.43. The minimum absolute atomic E-state index is 1.13. The molecular formula is C4H6IN2PS. The molecular weight excluding hydrogens is 266 g/mol. The summed E-state index contributed by atoms with van der Waals surface area (Å²) < 4.78 is 5.25. The van der Waals surface area contributed by atoms with Crippen molar-refractivity contribution >= 4 is 45.0 Å². The molecule has 0 saturated heterocycles. The second-order valence-electron chi connectivity index (χ2n) is 1.59. The van der Waals surface area contributed by atoms with Gasteiger partial charge in [-0.25, -0.2) is 0 Å². The van der Waals surface area contributed by atoms with Crippen molar-refractivity contribution in [1.29, 1.82) is 0 Å². The molecule has 0 unspecified atom stereocenters. The average Bonchev–Trinajstić information content (AvgIpc) is 1.79. The van der Waals surface area contributed by atoms with Gasteiger partial charge in [0.05, 0.1) is 2.87 Å². The predicted octanol–water partition coefficient (Wildman–Crippen LogP) is 2.66. The number of rotatable bonds is 0. The molecule has 1 aliphatic heterocycles. The molecule has 0 saturated carbocycles. The molecule has 0 fully saturated rings. The number of hydrogen-bond acceptors (Lipinski definition) is 2. The van der Waals surface area contributed by atoms with E-state index < -0.39 is 0 Å². The van der Waals surface area contributed by atoms with Crippen LogP contribution in [-0.4, -0.2) is 9.03 Å². The Hall–Kier alpha value is 0.720. The molecule has 5 heteroatoms. The zero-order chi connectivity index (χ0) is 6.53. The number of hydrogen-bond donors (Lipinski definition) is 0. The fourth-order valence-corrected chi connectivity index (χ4v) is 2.18. The van der Waals surface area contributed by atoms with E-state index in [0.717, 1.165) is 14.5 Å². The van der Waals surface area contributed by atoms with Crippen LogP contribution in [0.15, 0.2) is 9.33 Å². The molecule has 0 aliphatic carbocycles. The molecule has 0 bridgehead atoms. The van der Waals surface area contributed by atoms with Crippen molar-refractivity contribution in [3.63, 3.8) is 0 Å². The lowest BCUT2D eigenvalue weighted by Gasteiger charge is -1.92. The normalized spacial score (nSPS) is 21.2. The van der Waals surface area contributed by atoms with Crippen LogP contribution in [-0.2, 0) is 11.1 Å². The maximum absolute atomic E-state index is 3.92. The van der Waals surface area contributed by atoms with E-state index >= 15 is 0 Å². The standard InChI is InChI=1S/C4H6IN2PS/c5-4-2-1-3-8-6-7-9-4/h1-3H2. The van der Waals surface area contributed by atoms with Crippen molar-refractivity contribution in [3.8, 4) is 0 Å². The van der Waals surface area contributed by atoms with Gasteiger partial charge in [0.15, 0.2) is 0 Å². The van der Waals surface area contributed by atoms with Crippen LogP contribution in [0.2, 0.25) is 0 Å². The lowest BCUT2D eigenvalue weighted by molar-refractivity contribution is 1.03. The van der Waals surface area contributed by atoms with Crippen molar-refractivity contribution in [3.05, 3.63) is 0 Å². The highest BCUT2D eigenvalue weighted by molar-refractivity contribution is 14.1. The molecule has 1 rings (SSSR count). The summed E-state index contributed by atoms with van der Waals surface area (Å²) in [5, 5.41) is 0. The van der Waals surface area contributed by atoms with Crippen molar-refractivity contribution in [2.75, 3.05) is 6.16 Å². The van der Waals surface area contributed by atoms with Crippen LogP contribution in [0.5, 0.6) is 0 Å². The molecule has 1 aliphatic rings. The third-order valence-corrected chi connectivity index (χ3v) is 3.42. The minimum Gasteiger partial charge on any atom is -0.123 e. The monoisotopic (exact) mass is 272 g/mol. The van der Waals surface area contributed by atoms with Crippen molar-refractivity contribution in [2.45, 2.75) is 12.8 Å². The molecule has 0 atom stereocenters. The Morgan fingerprint density at radius 2 is 2.56 bits per heavy atom. The summed E-state index contributed by atoms with van der Waals surface area (Å²) in [7, 11) is 1.13. The van der Waals surface area contributed by atoms with Gasteiger partial charge in [0, 0.05) is 14.5 Å². The van der Waals surface area contributed by atoms with E-state index in [9.17, 15) is 0 Å². The van der Waals surface area contributed by atoms with Crippen LogP contribution in [0.4, 0.5) is 0 Å². The number of nitrogens with zero attached hydrogens (tertiary/aromatic N) is 2. The van der Waals surface area contributed by atoms with Gasteiger partial charge in [-0.05, 0) is 46.6 Å². The molecule has 0 amide bonds. The van der Waals surface area contributed by atoms with Gasteiger partial charge in [0.25, 0.3) is 0 Å². The zero-order valence-corrected chi connectivity index (χ0v) is 8.62. The SMILES string of the molecule is IC1=S=NN=PCCC1. The maximum atomic E-state index is 3.92. The highest BCUT2D eigenvalue weighted by Crippen LogP contribution is 2.09. The summed E-state index contributed by atoms with van der Waals surface area (Å²) in [5.41, 5.74) is 0. The average molecular weight is 272 g/mol. The lowest BCUT2D eigenvalue weighted by atomic mass is 10.4. The summed E-state index contributed by atoms with van der Waals surface area (Å²) in [4.78, 5) is 3.92. The Kier molecular flexibility index (Phi) is 3.93. The Bertz CT molecular complexity index is 185. The van der Waals surface area contributed by atoms with Gasteiger partial charge in [-0.2, -0.15) is 0 Å². The highest BCUT2D eigenvalue weighted by Gasteiger charge is 1.92. The predicted molar refractivity (Wildman–Crippen MR) is 52.3 cm³/mol. The summed E-state index contributed by atoms with van der Waals surface area (Å²) >= 11 is 3.83. The van der Waals surface area contributed by atoms with Crippen molar-refractivity contribution < 1.29 is 0 Å². The first kappa shape index (κ1) is 7.82. The summed E-state index contributed by atoms with van der Waals surface area (Å²) in [6.45, 7) is 0. The van der Waals surface area contributed by atoms with Crippen molar-refractivity contribution in [1.82, 2.24) is 0 Å². The van der Waals surface area contributed by atoms with E-state index in [1.165, 1.54) is 26.9 Å². The first-order valence-electron chi connectivity index (χ1n) is 2.65. The van der Waals surface area contributed by atoms with Gasteiger partial charge >= 0.3 is 0 Å². The topological polar surface area (TPSA) is 24.7 Å². The summed E-state index contributed by atoms with van der Waals surface area (Å²) in [5.74, 6) is 0. The third-order valence-electron chi connectivity index (χ3n) is 0.871. The molecule has 0 aromatic carbocycles. The van der Waals surface area contributed by atoms with Gasteiger partial charge in [-0.3, -0.25) is 0 Å². The van der Waals surface area contributed by atoms with Crippen LogP contribution in [0.25, 0.3) is 0 Å². The van der Waals surface area contributed by atoms with E-state index in [4.69, 9.17) is 0 Å². The molecule has 0 N–H and O–H groups in total. The Labute approximate surface area is 73.1 Å². The number of halogens is 1. The second kappa shape index (κ2) is 4.52. The molecule has 0 radical (unpaired) electrons. The van der Waals surface area contributed by atoms with Crippen LogP contribution in [0.3, 0.4) is 0 Å². The first-order valence-corrected chi connectivity index (χ1v) is 5.53. The largest absolute Gasteiger partial charge is 0.123 e. The fourth-order valence-electron chi connectivity index (χ4n) is 0.467. The molecule has 2 nitrogen and oxygen atoms in total. The Balaban J connectivity index is 2.69. The minimum atomic E-state index is 1.13. The van der Waals surface area contributed by atoms with Gasteiger partial charge in [-0.1, -0.05) is 4.47 Å². The molecule has 1 heterocycles. The molecule has 0 aromatic rings. The van der Waals surface area contributed by atoms with E-state index in [0.29, 0.717) is 0 Å². The molecule has 9 heavy (non-hydrogen) atoms. The second-order valence-corrected chi connectivity index (χ2v) is 5.37. The van der Waals surface area contributed by atoms with Crippen LogP contribution >= 0.6 is 31.0 Å². The molecule has 0 aromatic heterocycles. The maximum Gasteiger partial charge on any atom is 0.0637 e. The Morgan fingerprint density at radius 3 is 3.44 bits per heavy atom. The summed E-state index contributed by atoms with van der Waals surface area (Å²) in [6, 6.07) is 0. The van der Waals surface area contributed by atoms with E-state index in [2.05, 4.69) is 31.9 Å². The Morgan fingerprint density at radius 1 is 1.67 bits per heavy atom. The summed E-state index contributed by atoms with van der Waals surface area (Å²) in [6.07, 6.45) is 3.61. The smallest absolute Gasteiger partial charge is 0.0637 e. The van der Waals surface area contributed by atoms with E-state index in [-0.39, 0.29) is 0 Å². The van der Waals surface area contributed by atoms with Gasteiger partial charge < -0.3 is 0 Å². The molecule has 50 valence electrons. The molecule has 0 spiro atoms. The van der Waals surface area contributed by atoms with Gasteiger partial charge in [0.1, 0.15) is 0 Å². The van der Waals surface area contributed by atoms with E-state index in [1.807, 2.05) is 0 Å². The zero-order valence-electron chi connectivity index (χ0n) is 4.75. The fraction of sp³-hybridized carbons (Fsp3) is 0.750. The highest BCUT2D eigenvalue weighted by atomic mass is 127. The van der Waals surface area contributed by atoms with Crippen LogP contribution in [0, 0.1) is 0 Å².